The van der Waals surface area contributed by atoms with Crippen LogP contribution in [0.3, 0.4) is 0 Å². The average molecular weight is 429 g/mol. The van der Waals surface area contributed by atoms with Gasteiger partial charge in [-0.1, -0.05) is 27.5 Å². The number of nitrogens with one attached hydrogen (secondary N) is 1. The van der Waals surface area contributed by atoms with E-state index < -0.39 is 0 Å². The molecule has 0 saturated heterocycles. The molecule has 0 atom stereocenters. The molecule has 0 unspecified atom stereocenters. The van der Waals surface area contributed by atoms with Crippen LogP contribution < -0.4 is 10.1 Å². The van der Waals surface area contributed by atoms with E-state index in [1.165, 1.54) is 18.7 Å². The fraction of sp³-hybridized carbons (Fsp3) is 0.176. The molecule has 4 nitrogen and oxygen atoms in total. The Morgan fingerprint density at radius 2 is 2.00 bits per heavy atom. The molecule has 0 aliphatic rings. The second-order valence-electron chi connectivity index (χ2n) is 4.88. The highest BCUT2D eigenvalue weighted by Crippen LogP contribution is 2.29. The van der Waals surface area contributed by atoms with Crippen LogP contribution >= 0.6 is 39.3 Å². The van der Waals surface area contributed by atoms with Crippen molar-refractivity contribution in [2.75, 3.05) is 18.2 Å². The fourth-order valence-corrected chi connectivity index (χ4v) is 3.29. The molecule has 0 aliphatic carbocycles. The first-order valence-corrected chi connectivity index (χ1v) is 9.37. The molecule has 24 heavy (non-hydrogen) atoms. The zero-order valence-electron chi connectivity index (χ0n) is 13.1. The lowest BCUT2D eigenvalue weighted by Crippen LogP contribution is -2.13. The lowest BCUT2D eigenvalue weighted by molar-refractivity contribution is -0.114. The lowest BCUT2D eigenvalue weighted by Gasteiger charge is -2.11. The van der Waals surface area contributed by atoms with Crippen LogP contribution in [0.5, 0.6) is 5.75 Å². The predicted octanol–water partition coefficient (Wildman–Crippen LogP) is 5.04. The first kappa shape index (κ1) is 18.8. The average Bonchev–Trinajstić information content (AvgIpc) is 2.53. The number of hydrogen-bond donors (Lipinski definition) is 1. The number of ketones is 1. The van der Waals surface area contributed by atoms with Crippen LogP contribution in [0.25, 0.3) is 0 Å². The summed E-state index contributed by atoms with van der Waals surface area (Å²) in [6, 6.07) is 10.3. The summed E-state index contributed by atoms with van der Waals surface area (Å²) in [4.78, 5) is 24.3. The molecule has 0 heterocycles. The molecule has 0 radical (unpaired) electrons. The van der Waals surface area contributed by atoms with Crippen LogP contribution in [0.4, 0.5) is 5.69 Å². The summed E-state index contributed by atoms with van der Waals surface area (Å²) in [5.41, 5.74) is 1.20. The van der Waals surface area contributed by atoms with E-state index in [2.05, 4.69) is 21.2 Å². The number of amides is 1. The second kappa shape index (κ2) is 8.55. The number of anilines is 1. The fourth-order valence-electron chi connectivity index (χ4n) is 1.98. The third-order valence-corrected chi connectivity index (χ3v) is 4.65. The van der Waals surface area contributed by atoms with Gasteiger partial charge in [-0.05, 0) is 42.7 Å². The first-order chi connectivity index (χ1) is 11.4. The highest BCUT2D eigenvalue weighted by atomic mass is 79.9. The van der Waals surface area contributed by atoms with Crippen molar-refractivity contribution in [3.8, 4) is 5.75 Å². The number of halogens is 2. The molecule has 0 fully saturated rings. The number of Topliss-reactive ketones (excluding diaryl/α,β-unsaturated/α-hetero) is 1. The standard InChI is InChI=1S/C17H15BrClNO3S/c1-10(21)20-14-5-3-11(7-17(14)24-2)15(22)9-23-16-6-4-12(18)8-13(16)19/h3-8H,9H2,1-2H3,(H,20,21). The van der Waals surface area contributed by atoms with Crippen LogP contribution in [0.2, 0.25) is 5.02 Å². The molecule has 126 valence electrons. The maximum Gasteiger partial charge on any atom is 0.221 e. The third kappa shape index (κ3) is 5.00. The van der Waals surface area contributed by atoms with Crippen LogP contribution in [0, 0.1) is 0 Å². The Balaban J connectivity index is 2.10. The number of thioether (sulfide) groups is 1. The summed E-state index contributed by atoms with van der Waals surface area (Å²) >= 11 is 10.8. The van der Waals surface area contributed by atoms with E-state index >= 15 is 0 Å². The molecule has 2 rings (SSSR count). The number of hydrogen-bond acceptors (Lipinski definition) is 4. The third-order valence-electron chi connectivity index (χ3n) is 3.09. The maximum absolute atomic E-state index is 12.3. The number of rotatable bonds is 6. The summed E-state index contributed by atoms with van der Waals surface area (Å²) in [5.74, 6) is 0.129. The van der Waals surface area contributed by atoms with Gasteiger partial charge in [0.1, 0.15) is 5.75 Å². The Hall–Kier alpha value is -1.50. The molecule has 0 spiro atoms. The van der Waals surface area contributed by atoms with Crippen molar-refractivity contribution in [3.63, 3.8) is 0 Å². The van der Waals surface area contributed by atoms with Gasteiger partial charge >= 0.3 is 0 Å². The quantitative estimate of drug-likeness (QED) is 0.517. The van der Waals surface area contributed by atoms with Crippen molar-refractivity contribution in [2.24, 2.45) is 0 Å². The first-order valence-electron chi connectivity index (χ1n) is 6.97. The Labute approximate surface area is 158 Å². The van der Waals surface area contributed by atoms with Crippen LogP contribution in [-0.2, 0) is 4.79 Å². The van der Waals surface area contributed by atoms with Crippen molar-refractivity contribution in [1.29, 1.82) is 0 Å². The minimum atomic E-state index is -0.168. The Morgan fingerprint density at radius 1 is 1.25 bits per heavy atom. The summed E-state index contributed by atoms with van der Waals surface area (Å²) in [7, 11) is 0. The van der Waals surface area contributed by atoms with Gasteiger partial charge in [-0.25, -0.2) is 0 Å². The van der Waals surface area contributed by atoms with E-state index in [0.29, 0.717) is 22.0 Å². The molecule has 2 aromatic carbocycles. The topological polar surface area (TPSA) is 55.4 Å². The van der Waals surface area contributed by atoms with Gasteiger partial charge in [0.05, 0.1) is 10.7 Å². The van der Waals surface area contributed by atoms with Gasteiger partial charge in [-0.3, -0.25) is 9.59 Å². The lowest BCUT2D eigenvalue weighted by atomic mass is 10.1. The van der Waals surface area contributed by atoms with E-state index in [1.807, 2.05) is 6.26 Å². The minimum Gasteiger partial charge on any atom is -0.484 e. The SMILES string of the molecule is CSc1cc(C(=O)COc2ccc(Br)cc2Cl)ccc1NC(C)=O. The van der Waals surface area contributed by atoms with Gasteiger partial charge in [0, 0.05) is 21.9 Å². The van der Waals surface area contributed by atoms with Crippen LogP contribution in [0.1, 0.15) is 17.3 Å². The Morgan fingerprint density at radius 3 is 2.62 bits per heavy atom. The van der Waals surface area contributed by atoms with Crippen molar-refractivity contribution in [1.82, 2.24) is 0 Å². The van der Waals surface area contributed by atoms with Gasteiger partial charge < -0.3 is 10.1 Å². The highest BCUT2D eigenvalue weighted by Gasteiger charge is 2.12. The van der Waals surface area contributed by atoms with Gasteiger partial charge in [0.2, 0.25) is 5.91 Å². The zero-order valence-corrected chi connectivity index (χ0v) is 16.2. The molecule has 2 aromatic rings. The van der Waals surface area contributed by atoms with E-state index in [0.717, 1.165) is 9.37 Å². The minimum absolute atomic E-state index is 0.116. The Kier molecular flexibility index (Phi) is 6.71. The summed E-state index contributed by atoms with van der Waals surface area (Å²) in [5, 5.41) is 3.17. The Bertz CT molecular complexity index is 782. The summed E-state index contributed by atoms with van der Waals surface area (Å²) in [6.07, 6.45) is 1.88. The zero-order chi connectivity index (χ0) is 17.7. The normalized spacial score (nSPS) is 10.3. The molecule has 7 heteroatoms. The molecule has 1 amide bonds. The monoisotopic (exact) mass is 427 g/mol. The molecule has 0 bridgehead atoms. The van der Waals surface area contributed by atoms with Gasteiger partial charge in [-0.15, -0.1) is 11.8 Å². The summed E-state index contributed by atoms with van der Waals surface area (Å²) < 4.78 is 6.33. The molecule has 0 aromatic heterocycles. The second-order valence-corrected chi connectivity index (χ2v) is 7.05. The maximum atomic E-state index is 12.3. The number of benzene rings is 2. The summed E-state index contributed by atoms with van der Waals surface area (Å²) in [6.45, 7) is 1.33. The van der Waals surface area contributed by atoms with Crippen molar-refractivity contribution in [2.45, 2.75) is 11.8 Å². The van der Waals surface area contributed by atoms with E-state index in [9.17, 15) is 9.59 Å². The van der Waals surface area contributed by atoms with Crippen molar-refractivity contribution >= 4 is 56.7 Å². The van der Waals surface area contributed by atoms with Gasteiger partial charge in [-0.2, -0.15) is 0 Å². The molecule has 1 N–H and O–H groups in total. The molecular weight excluding hydrogens is 414 g/mol. The number of carbonyl (C=O) groups excluding carboxylic acids is 2. The molecule has 0 saturated carbocycles. The smallest absolute Gasteiger partial charge is 0.221 e. The van der Waals surface area contributed by atoms with Crippen LogP contribution in [0.15, 0.2) is 45.8 Å². The number of carbonyl (C=O) groups is 2. The van der Waals surface area contributed by atoms with Crippen LogP contribution in [-0.4, -0.2) is 24.6 Å². The number of ether oxygens (including phenoxy) is 1. The van der Waals surface area contributed by atoms with E-state index in [-0.39, 0.29) is 18.3 Å². The van der Waals surface area contributed by atoms with Gasteiger partial charge in [0.15, 0.2) is 12.4 Å². The van der Waals surface area contributed by atoms with Crippen molar-refractivity contribution in [3.05, 3.63) is 51.5 Å². The molecular formula is C17H15BrClNO3S. The molecule has 0 aliphatic heterocycles. The predicted molar refractivity (Wildman–Crippen MR) is 102 cm³/mol. The van der Waals surface area contributed by atoms with Crippen molar-refractivity contribution < 1.29 is 14.3 Å². The van der Waals surface area contributed by atoms with E-state index in [1.54, 1.807) is 36.4 Å². The van der Waals surface area contributed by atoms with E-state index in [4.69, 9.17) is 16.3 Å². The van der Waals surface area contributed by atoms with Gasteiger partial charge in [0.25, 0.3) is 0 Å². The highest BCUT2D eigenvalue weighted by molar-refractivity contribution is 9.10. The largest absolute Gasteiger partial charge is 0.484 e.